The van der Waals surface area contributed by atoms with Gasteiger partial charge in [0.25, 0.3) is 5.56 Å². The minimum Gasteiger partial charge on any atom is -0.490 e. The Morgan fingerprint density at radius 3 is 2.48 bits per heavy atom. The maximum absolute atomic E-state index is 13.8. The topological polar surface area (TPSA) is 105 Å². The summed E-state index contributed by atoms with van der Waals surface area (Å²) in [5.41, 5.74) is 1.93. The summed E-state index contributed by atoms with van der Waals surface area (Å²) >= 11 is 2.90. The first-order valence-corrected chi connectivity index (χ1v) is 14.6. The highest BCUT2D eigenvalue weighted by Crippen LogP contribution is 2.36. The van der Waals surface area contributed by atoms with E-state index in [1.807, 2.05) is 43.5 Å². The summed E-state index contributed by atoms with van der Waals surface area (Å²) < 4.78 is 23.4. The Kier molecular flexibility index (Phi) is 9.49. The van der Waals surface area contributed by atoms with Gasteiger partial charge in [0.1, 0.15) is 0 Å². The third kappa shape index (κ3) is 6.15. The number of carbonyl (C=O) groups is 2. The zero-order chi connectivity index (χ0) is 28.8. The summed E-state index contributed by atoms with van der Waals surface area (Å²) in [6.45, 7) is 5.48. The number of rotatable bonds is 10. The van der Waals surface area contributed by atoms with Crippen molar-refractivity contribution in [3.05, 3.63) is 84.5 Å². The molecule has 2 heterocycles. The smallest absolute Gasteiger partial charge is 0.343 e. The molecule has 0 fully saturated rings. The van der Waals surface area contributed by atoms with Gasteiger partial charge in [-0.05, 0) is 68.5 Å². The number of nitrogens with zero attached hydrogens (tertiary/aromatic N) is 2. The molecule has 0 N–H and O–H groups in total. The van der Waals surface area contributed by atoms with Gasteiger partial charge in [0.2, 0.25) is 0 Å². The third-order valence-corrected chi connectivity index (χ3v) is 7.81. The van der Waals surface area contributed by atoms with Crippen LogP contribution in [0.25, 0.3) is 6.08 Å². The van der Waals surface area contributed by atoms with Crippen LogP contribution in [0.2, 0.25) is 0 Å². The molecule has 1 aliphatic heterocycles. The number of methoxy groups -OCH3 is 1. The van der Waals surface area contributed by atoms with Gasteiger partial charge >= 0.3 is 11.9 Å². The van der Waals surface area contributed by atoms with Crippen LogP contribution in [-0.2, 0) is 19.1 Å². The minimum atomic E-state index is -0.815. The highest BCUT2D eigenvalue weighted by Gasteiger charge is 2.34. The first-order valence-electron chi connectivity index (χ1n) is 12.6. The van der Waals surface area contributed by atoms with Crippen molar-refractivity contribution >= 4 is 41.1 Å². The summed E-state index contributed by atoms with van der Waals surface area (Å²) in [5, 5.41) is 0. The van der Waals surface area contributed by atoms with Crippen molar-refractivity contribution in [1.29, 1.82) is 0 Å². The van der Waals surface area contributed by atoms with E-state index >= 15 is 0 Å². The van der Waals surface area contributed by atoms with Gasteiger partial charge in [-0.3, -0.25) is 9.36 Å². The standard InChI is InChI=1S/C29H30N2O7S2/c1-6-36-22-15-19(10-13-21(22)38-16-24(32)35-4)26-25(28(34)37-7-2)17(3)30-29-31(26)27(33)23(40-29)14-18-8-11-20(39-5)12-9-18/h8-15,26H,6-7,16H2,1-5H3/b23-14-/t26-/m1/s1. The van der Waals surface area contributed by atoms with Gasteiger partial charge in [-0.1, -0.05) is 29.5 Å². The monoisotopic (exact) mass is 582 g/mol. The number of fused-ring (bicyclic) bond motifs is 1. The van der Waals surface area contributed by atoms with E-state index in [1.165, 1.54) is 23.0 Å². The van der Waals surface area contributed by atoms with E-state index in [9.17, 15) is 14.4 Å². The van der Waals surface area contributed by atoms with Crippen LogP contribution >= 0.6 is 23.1 Å². The molecular weight excluding hydrogens is 552 g/mol. The van der Waals surface area contributed by atoms with E-state index in [0.717, 1.165) is 10.5 Å². The minimum absolute atomic E-state index is 0.170. The number of thioether (sulfide) groups is 1. The molecule has 1 atom stereocenters. The van der Waals surface area contributed by atoms with Crippen molar-refractivity contribution in [2.75, 3.05) is 33.2 Å². The van der Waals surface area contributed by atoms with E-state index in [-0.39, 0.29) is 24.3 Å². The van der Waals surface area contributed by atoms with Gasteiger partial charge in [-0.25, -0.2) is 14.6 Å². The lowest BCUT2D eigenvalue weighted by Gasteiger charge is -2.25. The molecule has 4 rings (SSSR count). The molecule has 0 radical (unpaired) electrons. The van der Waals surface area contributed by atoms with E-state index in [0.29, 0.717) is 38.7 Å². The first kappa shape index (κ1) is 29.2. The predicted octanol–water partition coefficient (Wildman–Crippen LogP) is 3.47. The van der Waals surface area contributed by atoms with Gasteiger partial charge in [0.05, 0.1) is 42.2 Å². The summed E-state index contributed by atoms with van der Waals surface area (Å²) in [6, 6.07) is 12.2. The highest BCUT2D eigenvalue weighted by molar-refractivity contribution is 7.98. The number of hydrogen-bond acceptors (Lipinski definition) is 10. The van der Waals surface area contributed by atoms with Crippen molar-refractivity contribution < 1.29 is 28.5 Å². The Balaban J connectivity index is 1.88. The maximum atomic E-state index is 13.8. The van der Waals surface area contributed by atoms with Crippen LogP contribution in [-0.4, -0.2) is 49.7 Å². The fraction of sp³-hybridized carbons (Fsp3) is 0.310. The fourth-order valence-electron chi connectivity index (χ4n) is 4.24. The van der Waals surface area contributed by atoms with Crippen LogP contribution in [0.1, 0.15) is 37.9 Å². The van der Waals surface area contributed by atoms with Crippen molar-refractivity contribution in [1.82, 2.24) is 4.57 Å². The van der Waals surface area contributed by atoms with Gasteiger partial charge in [0.15, 0.2) is 22.9 Å². The second-order valence-corrected chi connectivity index (χ2v) is 10.5. The van der Waals surface area contributed by atoms with E-state index < -0.39 is 18.0 Å². The lowest BCUT2D eigenvalue weighted by molar-refractivity contribution is -0.143. The molecule has 0 amide bonds. The Morgan fingerprint density at radius 1 is 1.07 bits per heavy atom. The normalized spacial score (nSPS) is 14.8. The molecule has 0 unspecified atom stereocenters. The molecule has 0 saturated heterocycles. The molecule has 0 saturated carbocycles. The Bertz CT molecular complexity index is 1620. The van der Waals surface area contributed by atoms with E-state index in [2.05, 4.69) is 9.73 Å². The number of ether oxygens (including phenoxy) is 4. The van der Waals surface area contributed by atoms with Crippen molar-refractivity contribution in [2.45, 2.75) is 31.7 Å². The number of benzene rings is 2. The molecule has 2 aromatic carbocycles. The van der Waals surface area contributed by atoms with Crippen LogP contribution in [0.5, 0.6) is 11.5 Å². The maximum Gasteiger partial charge on any atom is 0.343 e. The number of carbonyl (C=O) groups excluding carboxylic acids is 2. The molecule has 9 nitrogen and oxygen atoms in total. The highest BCUT2D eigenvalue weighted by atomic mass is 32.2. The van der Waals surface area contributed by atoms with Crippen molar-refractivity contribution in [3.8, 4) is 11.5 Å². The second kappa shape index (κ2) is 13.0. The molecule has 3 aromatic rings. The molecular formula is C29H30N2O7S2. The Hall–Kier alpha value is -3.83. The van der Waals surface area contributed by atoms with Crippen molar-refractivity contribution in [3.63, 3.8) is 0 Å². The molecule has 0 bridgehead atoms. The van der Waals surface area contributed by atoms with Crippen LogP contribution in [0, 0.1) is 0 Å². The lowest BCUT2D eigenvalue weighted by atomic mass is 9.95. The van der Waals surface area contributed by atoms with E-state index in [1.54, 1.807) is 43.8 Å². The average molecular weight is 583 g/mol. The molecule has 1 aromatic heterocycles. The van der Waals surface area contributed by atoms with Gasteiger partial charge in [0, 0.05) is 4.90 Å². The van der Waals surface area contributed by atoms with Crippen LogP contribution < -0.4 is 24.4 Å². The average Bonchev–Trinajstić information content (AvgIpc) is 3.25. The van der Waals surface area contributed by atoms with Gasteiger partial charge in [-0.15, -0.1) is 11.8 Å². The van der Waals surface area contributed by atoms with Crippen molar-refractivity contribution in [2.24, 2.45) is 4.99 Å². The van der Waals surface area contributed by atoms with Crippen LogP contribution in [0.15, 0.2) is 68.4 Å². The molecule has 0 spiro atoms. The fourth-order valence-corrected chi connectivity index (χ4v) is 5.69. The van der Waals surface area contributed by atoms with E-state index in [4.69, 9.17) is 14.2 Å². The number of hydrogen-bond donors (Lipinski definition) is 0. The molecule has 0 aliphatic carbocycles. The molecule has 40 heavy (non-hydrogen) atoms. The second-order valence-electron chi connectivity index (χ2n) is 8.58. The summed E-state index contributed by atoms with van der Waals surface area (Å²) in [4.78, 5) is 44.9. The summed E-state index contributed by atoms with van der Waals surface area (Å²) in [6.07, 6.45) is 3.83. The molecule has 11 heteroatoms. The zero-order valence-electron chi connectivity index (χ0n) is 22.9. The molecule has 1 aliphatic rings. The quantitative estimate of drug-likeness (QED) is 0.264. The van der Waals surface area contributed by atoms with Gasteiger partial charge < -0.3 is 18.9 Å². The summed E-state index contributed by atoms with van der Waals surface area (Å²) in [7, 11) is 1.28. The number of esters is 2. The number of aromatic nitrogens is 1. The SMILES string of the molecule is CCOC(=O)C1=C(C)N=c2s/c(=C\c3ccc(SC)cc3)c(=O)n2[C@@H]1c1ccc(OCC(=O)OC)c(OCC)c1. The Morgan fingerprint density at radius 2 is 1.82 bits per heavy atom. The van der Waals surface area contributed by atoms with Crippen LogP contribution in [0.3, 0.4) is 0 Å². The first-order chi connectivity index (χ1) is 19.3. The summed E-state index contributed by atoms with van der Waals surface area (Å²) in [5.74, 6) is -0.405. The number of allylic oxidation sites excluding steroid dienone is 1. The molecule has 210 valence electrons. The zero-order valence-corrected chi connectivity index (χ0v) is 24.5. The lowest BCUT2D eigenvalue weighted by Crippen LogP contribution is -2.40. The third-order valence-electron chi connectivity index (χ3n) is 6.09. The number of thiazole rings is 1. The predicted molar refractivity (Wildman–Crippen MR) is 154 cm³/mol. The van der Waals surface area contributed by atoms with Gasteiger partial charge in [-0.2, -0.15) is 0 Å². The van der Waals surface area contributed by atoms with Crippen LogP contribution in [0.4, 0.5) is 0 Å². The largest absolute Gasteiger partial charge is 0.490 e. The Labute approximate surface area is 239 Å².